The number of rotatable bonds is 20. The molecular weight excluding hydrogens is 777 g/mol. The molecule has 5 N–H and O–H groups in total. The molecule has 4 atom stereocenters. The number of hydrazine groups is 1. The van der Waals surface area contributed by atoms with Crippen molar-refractivity contribution in [3.63, 3.8) is 0 Å². The topological polar surface area (TPSA) is 159 Å². The molecule has 2 aliphatic rings. The minimum absolute atomic E-state index is 0.0407. The zero-order valence-corrected chi connectivity index (χ0v) is 37.4. The van der Waals surface area contributed by atoms with Crippen LogP contribution in [0.2, 0.25) is 0 Å². The molecule has 3 heterocycles. The summed E-state index contributed by atoms with van der Waals surface area (Å²) in [5.74, 6) is -0.962. The number of hydrogen-bond donors (Lipinski definition) is 5. The lowest BCUT2D eigenvalue weighted by Crippen LogP contribution is -2.57. The van der Waals surface area contributed by atoms with Crippen LogP contribution in [-0.4, -0.2) is 108 Å². The highest BCUT2D eigenvalue weighted by atomic mass is 32.1. The monoisotopic (exact) mass is 845 g/mol. The third kappa shape index (κ3) is 13.3. The van der Waals surface area contributed by atoms with Crippen LogP contribution in [0.4, 0.5) is 5.69 Å². The molecule has 0 radical (unpaired) electrons. The second kappa shape index (κ2) is 22.5. The number of aliphatic hydroxyl groups is 1. The molecule has 0 unspecified atom stereocenters. The molecule has 0 aliphatic carbocycles. The number of aryl methyl sites for hydroxylation is 1. The number of carbonyl (C=O) groups excluding carboxylic acids is 4. The molecule has 60 heavy (non-hydrogen) atoms. The Morgan fingerprint density at radius 3 is 2.23 bits per heavy atom. The first-order chi connectivity index (χ1) is 28.7. The number of amides is 4. The Hall–Kier alpha value is -4.37. The van der Waals surface area contributed by atoms with Gasteiger partial charge < -0.3 is 25.5 Å². The lowest BCUT2D eigenvalue weighted by Gasteiger charge is -2.36. The largest absolute Gasteiger partial charge is 0.391 e. The predicted molar refractivity (Wildman–Crippen MR) is 240 cm³/mol. The van der Waals surface area contributed by atoms with Gasteiger partial charge in [-0.15, -0.1) is 11.3 Å². The number of nitrogens with zero attached hydrogens (tertiary/aromatic N) is 4. The first-order valence-electron chi connectivity index (χ1n) is 21.9. The standard InChI is InChI=1S/C46H68N8O5S/c1-7-8-23-48-51-43(57)36-19-21-37(22-20-36)53-27-25-52(26-28-53)24-13-11-9-10-12-14-40(56)50-42(46(4,5)6)45(59)54-30-38(55)29-39(54)44(58)49-32(2)34-15-17-35(18-16-34)41-33(3)47-31-60-41/h15-22,31-32,38-39,42,48,55H,7-14,23-30H2,1-6H3,(H,49,58)(H,50,56)(H,51,57)/t32-,38+,39-,42+/m0/s1. The van der Waals surface area contributed by atoms with E-state index in [2.05, 4.69) is 43.2 Å². The van der Waals surface area contributed by atoms with E-state index in [0.29, 0.717) is 12.0 Å². The molecule has 0 saturated carbocycles. The Labute approximate surface area is 361 Å². The van der Waals surface area contributed by atoms with Gasteiger partial charge in [-0.25, -0.2) is 10.4 Å². The van der Waals surface area contributed by atoms with E-state index in [4.69, 9.17) is 0 Å². The van der Waals surface area contributed by atoms with Gasteiger partial charge in [0.15, 0.2) is 0 Å². The van der Waals surface area contributed by atoms with Gasteiger partial charge >= 0.3 is 0 Å². The van der Waals surface area contributed by atoms with Crippen LogP contribution in [-0.2, 0) is 14.4 Å². The van der Waals surface area contributed by atoms with Crippen molar-refractivity contribution in [1.29, 1.82) is 0 Å². The maximum absolute atomic E-state index is 14.1. The molecule has 2 aliphatic heterocycles. The van der Waals surface area contributed by atoms with Gasteiger partial charge in [0.25, 0.3) is 5.91 Å². The summed E-state index contributed by atoms with van der Waals surface area (Å²) in [6.45, 7) is 17.5. The summed E-state index contributed by atoms with van der Waals surface area (Å²) in [6.07, 6.45) is 6.65. The van der Waals surface area contributed by atoms with E-state index in [1.807, 2.05) is 88.7 Å². The van der Waals surface area contributed by atoms with Crippen LogP contribution in [0.3, 0.4) is 0 Å². The number of aliphatic hydroxyl groups excluding tert-OH is 1. The number of unbranched alkanes of at least 4 members (excludes halogenated alkanes) is 5. The Morgan fingerprint density at radius 1 is 0.900 bits per heavy atom. The predicted octanol–water partition coefficient (Wildman–Crippen LogP) is 5.99. The van der Waals surface area contributed by atoms with Crippen LogP contribution in [0.25, 0.3) is 10.4 Å². The molecule has 2 aromatic carbocycles. The number of benzene rings is 2. The van der Waals surface area contributed by atoms with Crippen LogP contribution >= 0.6 is 11.3 Å². The van der Waals surface area contributed by atoms with Gasteiger partial charge in [0.2, 0.25) is 17.7 Å². The minimum atomic E-state index is -0.838. The highest BCUT2D eigenvalue weighted by molar-refractivity contribution is 7.13. The number of hydrogen-bond acceptors (Lipinski definition) is 10. The second-order valence-electron chi connectivity index (χ2n) is 17.5. The van der Waals surface area contributed by atoms with E-state index in [0.717, 1.165) is 112 Å². The highest BCUT2D eigenvalue weighted by Crippen LogP contribution is 2.30. The molecule has 0 spiro atoms. The zero-order valence-electron chi connectivity index (χ0n) is 36.6. The van der Waals surface area contributed by atoms with Crippen LogP contribution in [0.1, 0.15) is 120 Å². The molecule has 4 amide bonds. The zero-order chi connectivity index (χ0) is 43.2. The Balaban J connectivity index is 0.990. The van der Waals surface area contributed by atoms with E-state index in [1.165, 1.54) is 4.90 Å². The van der Waals surface area contributed by atoms with Gasteiger partial charge in [0, 0.05) is 63.4 Å². The average molecular weight is 845 g/mol. The third-order valence-corrected chi connectivity index (χ3v) is 12.6. The molecule has 5 rings (SSSR count). The van der Waals surface area contributed by atoms with Crippen molar-refractivity contribution in [3.8, 4) is 10.4 Å². The van der Waals surface area contributed by atoms with Gasteiger partial charge in [-0.05, 0) is 80.5 Å². The number of β-amino-alcohol motifs (C(OH)–C–C–N with tert-alkyl or cyclic N) is 1. The van der Waals surface area contributed by atoms with E-state index < -0.39 is 23.6 Å². The number of carbonyl (C=O) groups is 4. The summed E-state index contributed by atoms with van der Waals surface area (Å²) >= 11 is 1.59. The first kappa shape index (κ1) is 46.7. The smallest absolute Gasteiger partial charge is 0.265 e. The summed E-state index contributed by atoms with van der Waals surface area (Å²) in [6, 6.07) is 13.9. The third-order valence-electron chi connectivity index (χ3n) is 11.7. The molecule has 14 heteroatoms. The normalized spacial score (nSPS) is 18.2. The fourth-order valence-electron chi connectivity index (χ4n) is 7.93. The van der Waals surface area contributed by atoms with E-state index in [9.17, 15) is 24.3 Å². The maximum atomic E-state index is 14.1. The molecule has 2 fully saturated rings. The van der Waals surface area contributed by atoms with Crippen LogP contribution in [0, 0.1) is 12.3 Å². The van der Waals surface area contributed by atoms with Gasteiger partial charge in [-0.2, -0.15) is 0 Å². The number of aromatic nitrogens is 1. The molecule has 1 aromatic heterocycles. The molecule has 0 bridgehead atoms. The van der Waals surface area contributed by atoms with Crippen molar-refractivity contribution in [1.82, 2.24) is 36.3 Å². The van der Waals surface area contributed by atoms with E-state index >= 15 is 0 Å². The average Bonchev–Trinajstić information content (AvgIpc) is 3.85. The van der Waals surface area contributed by atoms with Gasteiger partial charge in [0.1, 0.15) is 12.1 Å². The number of thiazole rings is 1. The summed E-state index contributed by atoms with van der Waals surface area (Å²) in [7, 11) is 0. The van der Waals surface area contributed by atoms with Crippen molar-refractivity contribution in [2.75, 3.05) is 50.7 Å². The van der Waals surface area contributed by atoms with Crippen molar-refractivity contribution in [2.45, 2.75) is 124 Å². The van der Waals surface area contributed by atoms with Crippen LogP contribution < -0.4 is 26.4 Å². The quantitative estimate of drug-likeness (QED) is 0.0681. The highest BCUT2D eigenvalue weighted by Gasteiger charge is 2.44. The Bertz CT molecular complexity index is 1840. The molecule has 2 saturated heterocycles. The van der Waals surface area contributed by atoms with Gasteiger partial charge in [-0.1, -0.05) is 77.6 Å². The van der Waals surface area contributed by atoms with Crippen molar-refractivity contribution in [3.05, 3.63) is 70.9 Å². The van der Waals surface area contributed by atoms with Crippen molar-refractivity contribution < 1.29 is 24.3 Å². The first-order valence-corrected chi connectivity index (χ1v) is 22.8. The Morgan fingerprint density at radius 2 is 1.58 bits per heavy atom. The molecular formula is C46H68N8O5S. The number of piperazine rings is 1. The van der Waals surface area contributed by atoms with E-state index in [-0.39, 0.29) is 42.6 Å². The van der Waals surface area contributed by atoms with Gasteiger partial charge in [-0.3, -0.25) is 29.5 Å². The molecule has 3 aromatic rings. The number of nitrogens with one attached hydrogen (secondary N) is 4. The van der Waals surface area contributed by atoms with Crippen molar-refractivity contribution in [2.24, 2.45) is 5.41 Å². The molecule has 328 valence electrons. The number of anilines is 1. The maximum Gasteiger partial charge on any atom is 0.265 e. The lowest BCUT2D eigenvalue weighted by molar-refractivity contribution is -0.144. The van der Waals surface area contributed by atoms with E-state index in [1.54, 1.807) is 11.3 Å². The number of likely N-dealkylation sites (tertiary alicyclic amines) is 1. The van der Waals surface area contributed by atoms with Crippen molar-refractivity contribution >= 4 is 40.7 Å². The fraction of sp³-hybridized carbons (Fsp3) is 0.587. The summed E-state index contributed by atoms with van der Waals surface area (Å²) in [4.78, 5) is 65.0. The Kier molecular flexibility index (Phi) is 17.5. The fourth-order valence-corrected chi connectivity index (χ4v) is 8.74. The summed E-state index contributed by atoms with van der Waals surface area (Å²) in [5.41, 5.74) is 11.7. The summed E-state index contributed by atoms with van der Waals surface area (Å²) < 4.78 is 0. The minimum Gasteiger partial charge on any atom is -0.391 e. The lowest BCUT2D eigenvalue weighted by atomic mass is 9.85. The second-order valence-corrected chi connectivity index (χ2v) is 18.4. The van der Waals surface area contributed by atoms with Crippen LogP contribution in [0.5, 0.6) is 0 Å². The van der Waals surface area contributed by atoms with Crippen LogP contribution in [0.15, 0.2) is 54.0 Å². The van der Waals surface area contributed by atoms with Gasteiger partial charge in [0.05, 0.1) is 28.2 Å². The SMILES string of the molecule is CCCCNNC(=O)c1ccc(N2CCN(CCCCCCCC(=O)N[C@H](C(=O)N3C[C@H](O)C[C@H]3C(=O)N[C@@H](C)c3ccc(-c4scnc4C)cc3)C(C)(C)C)CC2)cc1. The molecule has 13 nitrogen and oxygen atoms in total. The summed E-state index contributed by atoms with van der Waals surface area (Å²) in [5, 5.41) is 16.7.